The largest absolute Gasteiger partial charge is 0.476 e. The quantitative estimate of drug-likeness (QED) is 0.788. The summed E-state index contributed by atoms with van der Waals surface area (Å²) in [6, 6.07) is 11.7. The number of aryl methyl sites for hydroxylation is 2. The van der Waals surface area contributed by atoms with E-state index in [0.717, 1.165) is 27.3 Å². The van der Waals surface area contributed by atoms with E-state index in [1.54, 1.807) is 6.20 Å². The molecule has 110 valence electrons. The van der Waals surface area contributed by atoms with E-state index in [1.165, 1.54) is 11.3 Å². The van der Waals surface area contributed by atoms with E-state index in [-0.39, 0.29) is 5.01 Å². The molecule has 5 heteroatoms. The van der Waals surface area contributed by atoms with Crippen LogP contribution in [0.3, 0.4) is 0 Å². The number of carbonyl (C=O) groups is 1. The number of hydrogen-bond acceptors (Lipinski definition) is 4. The van der Waals surface area contributed by atoms with Crippen molar-refractivity contribution in [2.24, 2.45) is 0 Å². The Hall–Kier alpha value is -2.53. The van der Waals surface area contributed by atoms with Gasteiger partial charge in [-0.2, -0.15) is 0 Å². The minimum absolute atomic E-state index is 0.0981. The van der Waals surface area contributed by atoms with Gasteiger partial charge < -0.3 is 5.11 Å². The first-order chi connectivity index (χ1) is 10.5. The molecule has 4 nitrogen and oxygen atoms in total. The molecule has 0 fully saturated rings. The molecule has 2 aromatic heterocycles. The van der Waals surface area contributed by atoms with Gasteiger partial charge in [0.05, 0.1) is 10.6 Å². The topological polar surface area (TPSA) is 63.1 Å². The molecule has 0 atom stereocenters. The van der Waals surface area contributed by atoms with Crippen LogP contribution in [0.4, 0.5) is 0 Å². The third-order valence-corrected chi connectivity index (χ3v) is 4.35. The van der Waals surface area contributed by atoms with Gasteiger partial charge in [-0.1, -0.05) is 23.8 Å². The second-order valence-corrected chi connectivity index (χ2v) is 6.06. The maximum absolute atomic E-state index is 11.3. The molecule has 0 unspecified atom stereocenters. The second kappa shape index (κ2) is 5.69. The number of thiazole rings is 1. The Morgan fingerprint density at radius 3 is 2.64 bits per heavy atom. The SMILES string of the molecule is Cc1cccc(-c2nc(C(=O)O)sc2-c2ccnc(C)c2)c1. The van der Waals surface area contributed by atoms with E-state index in [2.05, 4.69) is 9.97 Å². The fraction of sp³-hybridized carbons (Fsp3) is 0.118. The summed E-state index contributed by atoms with van der Waals surface area (Å²) < 4.78 is 0. The van der Waals surface area contributed by atoms with Gasteiger partial charge in [0.2, 0.25) is 5.01 Å². The number of nitrogens with zero attached hydrogens (tertiary/aromatic N) is 2. The predicted molar refractivity (Wildman–Crippen MR) is 87.2 cm³/mol. The Bertz CT molecular complexity index is 792. The van der Waals surface area contributed by atoms with Crippen LogP contribution in [0.2, 0.25) is 0 Å². The summed E-state index contributed by atoms with van der Waals surface area (Å²) in [5.41, 5.74) is 4.57. The third kappa shape index (κ3) is 2.76. The average molecular weight is 310 g/mol. The Balaban J connectivity index is 2.22. The number of pyridine rings is 1. The van der Waals surface area contributed by atoms with Gasteiger partial charge in [0, 0.05) is 17.5 Å². The highest BCUT2D eigenvalue weighted by Crippen LogP contribution is 2.37. The monoisotopic (exact) mass is 310 g/mol. The number of aromatic nitrogens is 2. The Kier molecular flexibility index (Phi) is 3.73. The lowest BCUT2D eigenvalue weighted by Crippen LogP contribution is -1.94. The highest BCUT2D eigenvalue weighted by Gasteiger charge is 2.18. The lowest BCUT2D eigenvalue weighted by atomic mass is 10.1. The van der Waals surface area contributed by atoms with Crippen molar-refractivity contribution >= 4 is 17.3 Å². The molecule has 0 spiro atoms. The number of rotatable bonds is 3. The van der Waals surface area contributed by atoms with Gasteiger partial charge in [0.15, 0.2) is 0 Å². The molecule has 0 aliphatic heterocycles. The summed E-state index contributed by atoms with van der Waals surface area (Å²) in [6.45, 7) is 3.92. The van der Waals surface area contributed by atoms with Crippen molar-refractivity contribution in [2.45, 2.75) is 13.8 Å². The van der Waals surface area contributed by atoms with Gasteiger partial charge in [-0.05, 0) is 37.6 Å². The van der Waals surface area contributed by atoms with Crippen molar-refractivity contribution in [1.82, 2.24) is 9.97 Å². The Labute approximate surface area is 132 Å². The molecule has 0 saturated carbocycles. The van der Waals surface area contributed by atoms with Crippen LogP contribution in [0.25, 0.3) is 21.7 Å². The summed E-state index contributed by atoms with van der Waals surface area (Å²) in [6.07, 6.45) is 1.73. The molecule has 3 aromatic rings. The van der Waals surface area contributed by atoms with E-state index >= 15 is 0 Å². The van der Waals surface area contributed by atoms with Crippen LogP contribution in [0.1, 0.15) is 21.1 Å². The number of aromatic carboxylic acids is 1. The lowest BCUT2D eigenvalue weighted by molar-refractivity contribution is 0.0696. The van der Waals surface area contributed by atoms with E-state index < -0.39 is 5.97 Å². The molecular weight excluding hydrogens is 296 g/mol. The molecule has 0 bridgehead atoms. The van der Waals surface area contributed by atoms with Crippen molar-refractivity contribution in [3.8, 4) is 21.7 Å². The van der Waals surface area contributed by atoms with Crippen LogP contribution in [0, 0.1) is 13.8 Å². The van der Waals surface area contributed by atoms with Crippen LogP contribution in [-0.4, -0.2) is 21.0 Å². The molecule has 0 aliphatic rings. The van der Waals surface area contributed by atoms with E-state index in [4.69, 9.17) is 0 Å². The third-order valence-electron chi connectivity index (χ3n) is 3.26. The van der Waals surface area contributed by atoms with Gasteiger partial charge in [-0.25, -0.2) is 9.78 Å². The first-order valence-corrected chi connectivity index (χ1v) is 7.60. The van der Waals surface area contributed by atoms with Gasteiger partial charge in [0.1, 0.15) is 0 Å². The highest BCUT2D eigenvalue weighted by molar-refractivity contribution is 7.17. The van der Waals surface area contributed by atoms with Crippen LogP contribution < -0.4 is 0 Å². The first-order valence-electron chi connectivity index (χ1n) is 6.79. The molecule has 0 saturated heterocycles. The van der Waals surface area contributed by atoms with Gasteiger partial charge >= 0.3 is 5.97 Å². The normalized spacial score (nSPS) is 10.6. The predicted octanol–water partition coefficient (Wildman–Crippen LogP) is 4.19. The molecule has 22 heavy (non-hydrogen) atoms. The van der Waals surface area contributed by atoms with Crippen LogP contribution in [0.15, 0.2) is 42.6 Å². The Morgan fingerprint density at radius 2 is 1.95 bits per heavy atom. The maximum atomic E-state index is 11.3. The number of carboxylic acid groups (broad SMARTS) is 1. The van der Waals surface area contributed by atoms with Crippen LogP contribution in [0.5, 0.6) is 0 Å². The lowest BCUT2D eigenvalue weighted by Gasteiger charge is -2.04. The molecule has 0 aliphatic carbocycles. The fourth-order valence-corrected chi connectivity index (χ4v) is 3.20. The van der Waals surface area contributed by atoms with Crippen molar-refractivity contribution < 1.29 is 9.90 Å². The zero-order valence-electron chi connectivity index (χ0n) is 12.2. The fourth-order valence-electron chi connectivity index (χ4n) is 2.28. The van der Waals surface area contributed by atoms with Gasteiger partial charge in [0.25, 0.3) is 0 Å². The number of carboxylic acids is 1. The van der Waals surface area contributed by atoms with Crippen molar-refractivity contribution in [3.05, 3.63) is 58.9 Å². The molecule has 3 rings (SSSR count). The van der Waals surface area contributed by atoms with Crippen molar-refractivity contribution in [2.75, 3.05) is 0 Å². The second-order valence-electron chi connectivity index (χ2n) is 5.06. The van der Waals surface area contributed by atoms with Crippen molar-refractivity contribution in [1.29, 1.82) is 0 Å². The summed E-state index contributed by atoms with van der Waals surface area (Å²) in [4.78, 5) is 20.7. The summed E-state index contributed by atoms with van der Waals surface area (Å²) >= 11 is 1.19. The molecule has 1 aromatic carbocycles. The standard InChI is InChI=1S/C17H14N2O2S/c1-10-4-3-5-12(8-10)14-15(22-16(19-14)17(20)21)13-6-7-18-11(2)9-13/h3-9H,1-2H3,(H,20,21). The summed E-state index contributed by atoms with van der Waals surface area (Å²) in [5.74, 6) is -1.00. The minimum Gasteiger partial charge on any atom is -0.476 e. The molecule has 2 heterocycles. The van der Waals surface area contributed by atoms with Gasteiger partial charge in [-0.15, -0.1) is 11.3 Å². The molecular formula is C17H14N2O2S. The van der Waals surface area contributed by atoms with E-state index in [0.29, 0.717) is 5.69 Å². The average Bonchev–Trinajstić information content (AvgIpc) is 2.92. The molecule has 1 N–H and O–H groups in total. The summed E-state index contributed by atoms with van der Waals surface area (Å²) in [7, 11) is 0. The van der Waals surface area contributed by atoms with Crippen LogP contribution in [-0.2, 0) is 0 Å². The molecule has 0 amide bonds. The Morgan fingerprint density at radius 1 is 1.14 bits per heavy atom. The summed E-state index contributed by atoms with van der Waals surface area (Å²) in [5, 5.41) is 9.36. The van der Waals surface area contributed by atoms with Crippen molar-refractivity contribution in [3.63, 3.8) is 0 Å². The van der Waals surface area contributed by atoms with E-state index in [1.807, 2.05) is 50.2 Å². The van der Waals surface area contributed by atoms with Gasteiger partial charge in [-0.3, -0.25) is 4.98 Å². The van der Waals surface area contributed by atoms with Crippen LogP contribution >= 0.6 is 11.3 Å². The number of benzene rings is 1. The smallest absolute Gasteiger partial charge is 0.365 e. The van der Waals surface area contributed by atoms with E-state index in [9.17, 15) is 9.90 Å². The highest BCUT2D eigenvalue weighted by atomic mass is 32.1. The minimum atomic E-state index is -1.00. The zero-order valence-corrected chi connectivity index (χ0v) is 13.0. The number of hydrogen-bond donors (Lipinski definition) is 1. The zero-order chi connectivity index (χ0) is 15.7. The maximum Gasteiger partial charge on any atom is 0.365 e. The molecule has 0 radical (unpaired) electrons. The first kappa shape index (κ1) is 14.4.